The largest absolute Gasteiger partial charge is 0.320 e. The van der Waals surface area contributed by atoms with Crippen molar-refractivity contribution in [3.05, 3.63) is 29.5 Å². The highest BCUT2D eigenvalue weighted by Crippen LogP contribution is 2.30. The van der Waals surface area contributed by atoms with Gasteiger partial charge in [0.05, 0.1) is 16.7 Å². The second-order valence-electron chi connectivity index (χ2n) is 6.68. The van der Waals surface area contributed by atoms with Crippen LogP contribution in [0.2, 0.25) is 0 Å². The SMILES string of the molecule is Cn1nc(C(C)(C)N)c2ccc(C(C)(C)C)cc21. The van der Waals surface area contributed by atoms with Crippen LogP contribution in [0.4, 0.5) is 0 Å². The first-order chi connectivity index (χ1) is 8.10. The number of fused-ring (bicyclic) bond motifs is 1. The summed E-state index contributed by atoms with van der Waals surface area (Å²) >= 11 is 0. The standard InChI is InChI=1S/C15H23N3/c1-14(2,3)10-7-8-11-12(9-10)18(6)17-13(11)15(4,5)16/h7-9H,16H2,1-6H3. The molecule has 0 aliphatic heterocycles. The van der Waals surface area contributed by atoms with E-state index in [2.05, 4.69) is 44.1 Å². The van der Waals surface area contributed by atoms with Gasteiger partial charge in [-0.1, -0.05) is 32.9 Å². The Morgan fingerprint density at radius 3 is 2.22 bits per heavy atom. The number of nitrogens with zero attached hydrogens (tertiary/aromatic N) is 2. The molecule has 1 heterocycles. The molecular weight excluding hydrogens is 222 g/mol. The molecule has 1 aromatic carbocycles. The Bertz CT molecular complexity index is 580. The summed E-state index contributed by atoms with van der Waals surface area (Å²) in [6.07, 6.45) is 0. The summed E-state index contributed by atoms with van der Waals surface area (Å²) < 4.78 is 1.93. The highest BCUT2D eigenvalue weighted by Gasteiger charge is 2.23. The van der Waals surface area contributed by atoms with E-state index in [1.165, 1.54) is 5.56 Å². The van der Waals surface area contributed by atoms with Crippen molar-refractivity contribution < 1.29 is 0 Å². The topological polar surface area (TPSA) is 43.8 Å². The zero-order valence-electron chi connectivity index (χ0n) is 12.2. The van der Waals surface area contributed by atoms with E-state index in [1.807, 2.05) is 25.6 Å². The lowest BCUT2D eigenvalue weighted by Crippen LogP contribution is -2.29. The minimum Gasteiger partial charge on any atom is -0.320 e. The molecule has 1 aromatic heterocycles. The summed E-state index contributed by atoms with van der Waals surface area (Å²) in [6, 6.07) is 6.55. The molecule has 18 heavy (non-hydrogen) atoms. The van der Waals surface area contributed by atoms with Crippen molar-refractivity contribution in [2.24, 2.45) is 12.8 Å². The van der Waals surface area contributed by atoms with E-state index < -0.39 is 5.54 Å². The van der Waals surface area contributed by atoms with Crippen LogP contribution in [0, 0.1) is 0 Å². The first-order valence-corrected chi connectivity index (χ1v) is 6.37. The van der Waals surface area contributed by atoms with E-state index in [0.717, 1.165) is 16.6 Å². The van der Waals surface area contributed by atoms with Gasteiger partial charge in [0.25, 0.3) is 0 Å². The number of hydrogen-bond donors (Lipinski definition) is 1. The van der Waals surface area contributed by atoms with Gasteiger partial charge in [0.15, 0.2) is 0 Å². The second kappa shape index (κ2) is 3.82. The summed E-state index contributed by atoms with van der Waals surface area (Å²) in [4.78, 5) is 0. The lowest BCUT2D eigenvalue weighted by Gasteiger charge is -2.19. The lowest BCUT2D eigenvalue weighted by molar-refractivity contribution is 0.527. The third-order valence-electron chi connectivity index (χ3n) is 3.33. The molecule has 0 aliphatic carbocycles. The molecule has 3 heteroatoms. The van der Waals surface area contributed by atoms with Crippen LogP contribution in [0.3, 0.4) is 0 Å². The smallest absolute Gasteiger partial charge is 0.0896 e. The average molecular weight is 245 g/mol. The summed E-state index contributed by atoms with van der Waals surface area (Å²) in [7, 11) is 1.98. The van der Waals surface area contributed by atoms with Crippen molar-refractivity contribution >= 4 is 10.9 Å². The van der Waals surface area contributed by atoms with Crippen molar-refractivity contribution in [3.63, 3.8) is 0 Å². The fourth-order valence-electron chi connectivity index (χ4n) is 2.20. The van der Waals surface area contributed by atoms with Gasteiger partial charge in [0.1, 0.15) is 0 Å². The molecule has 98 valence electrons. The molecule has 2 rings (SSSR count). The van der Waals surface area contributed by atoms with E-state index in [4.69, 9.17) is 5.73 Å². The molecule has 0 saturated carbocycles. The van der Waals surface area contributed by atoms with Gasteiger partial charge in [-0.05, 0) is 30.9 Å². The lowest BCUT2D eigenvalue weighted by atomic mass is 9.86. The Morgan fingerprint density at radius 1 is 1.11 bits per heavy atom. The number of aromatic nitrogens is 2. The van der Waals surface area contributed by atoms with E-state index in [9.17, 15) is 0 Å². The van der Waals surface area contributed by atoms with Crippen molar-refractivity contribution in [2.75, 3.05) is 0 Å². The number of aryl methyl sites for hydroxylation is 1. The van der Waals surface area contributed by atoms with Gasteiger partial charge >= 0.3 is 0 Å². The monoisotopic (exact) mass is 245 g/mol. The highest BCUT2D eigenvalue weighted by atomic mass is 15.3. The van der Waals surface area contributed by atoms with Crippen LogP contribution in [-0.4, -0.2) is 9.78 Å². The molecule has 0 bridgehead atoms. The summed E-state index contributed by atoms with van der Waals surface area (Å²) in [5.41, 5.74) is 9.35. The number of nitrogens with two attached hydrogens (primary N) is 1. The van der Waals surface area contributed by atoms with Gasteiger partial charge in [0.2, 0.25) is 0 Å². The Hall–Kier alpha value is -1.35. The van der Waals surface area contributed by atoms with Gasteiger partial charge in [-0.25, -0.2) is 0 Å². The Morgan fingerprint density at radius 2 is 1.72 bits per heavy atom. The van der Waals surface area contributed by atoms with Crippen LogP contribution in [0.1, 0.15) is 45.9 Å². The Balaban J connectivity index is 2.71. The molecule has 0 aliphatic rings. The minimum absolute atomic E-state index is 0.150. The number of hydrogen-bond acceptors (Lipinski definition) is 2. The van der Waals surface area contributed by atoms with Gasteiger partial charge in [-0.15, -0.1) is 0 Å². The number of benzene rings is 1. The Labute approximate surface area is 109 Å². The maximum absolute atomic E-state index is 6.18. The fraction of sp³-hybridized carbons (Fsp3) is 0.533. The van der Waals surface area contributed by atoms with Crippen LogP contribution in [-0.2, 0) is 18.0 Å². The van der Waals surface area contributed by atoms with Gasteiger partial charge in [-0.2, -0.15) is 5.10 Å². The van der Waals surface area contributed by atoms with Crippen LogP contribution >= 0.6 is 0 Å². The molecule has 0 saturated heterocycles. The van der Waals surface area contributed by atoms with E-state index in [-0.39, 0.29) is 5.41 Å². The summed E-state index contributed by atoms with van der Waals surface area (Å²) in [5.74, 6) is 0. The van der Waals surface area contributed by atoms with Gasteiger partial charge in [-0.3, -0.25) is 4.68 Å². The van der Waals surface area contributed by atoms with E-state index in [1.54, 1.807) is 0 Å². The summed E-state index contributed by atoms with van der Waals surface area (Å²) in [6.45, 7) is 10.6. The summed E-state index contributed by atoms with van der Waals surface area (Å²) in [5, 5.41) is 5.73. The van der Waals surface area contributed by atoms with Crippen LogP contribution in [0.5, 0.6) is 0 Å². The quantitative estimate of drug-likeness (QED) is 0.839. The molecule has 3 nitrogen and oxygen atoms in total. The molecule has 0 unspecified atom stereocenters. The normalized spacial score (nSPS) is 13.3. The maximum Gasteiger partial charge on any atom is 0.0896 e. The van der Waals surface area contributed by atoms with Crippen LogP contribution in [0.25, 0.3) is 10.9 Å². The van der Waals surface area contributed by atoms with Crippen molar-refractivity contribution in [3.8, 4) is 0 Å². The number of rotatable bonds is 1. The molecule has 0 amide bonds. The van der Waals surface area contributed by atoms with Crippen LogP contribution in [0.15, 0.2) is 18.2 Å². The van der Waals surface area contributed by atoms with Crippen LogP contribution < -0.4 is 5.73 Å². The van der Waals surface area contributed by atoms with E-state index >= 15 is 0 Å². The van der Waals surface area contributed by atoms with Gasteiger partial charge < -0.3 is 5.73 Å². The zero-order valence-corrected chi connectivity index (χ0v) is 12.2. The molecule has 0 fully saturated rings. The first kappa shape index (κ1) is 13.1. The van der Waals surface area contributed by atoms with E-state index in [0.29, 0.717) is 0 Å². The first-order valence-electron chi connectivity index (χ1n) is 6.37. The molecule has 0 radical (unpaired) electrons. The molecule has 2 N–H and O–H groups in total. The average Bonchev–Trinajstić information content (AvgIpc) is 2.54. The third-order valence-corrected chi connectivity index (χ3v) is 3.33. The van der Waals surface area contributed by atoms with Crippen molar-refractivity contribution in [1.82, 2.24) is 9.78 Å². The Kier molecular flexibility index (Phi) is 2.78. The fourth-order valence-corrected chi connectivity index (χ4v) is 2.20. The molecule has 0 atom stereocenters. The van der Waals surface area contributed by atoms with Crippen molar-refractivity contribution in [1.29, 1.82) is 0 Å². The second-order valence-corrected chi connectivity index (χ2v) is 6.68. The highest BCUT2D eigenvalue weighted by molar-refractivity contribution is 5.83. The molecule has 0 spiro atoms. The maximum atomic E-state index is 6.18. The van der Waals surface area contributed by atoms with Crippen molar-refractivity contribution in [2.45, 2.75) is 45.6 Å². The molecular formula is C15H23N3. The third kappa shape index (κ3) is 2.15. The minimum atomic E-state index is -0.414. The predicted octanol–water partition coefficient (Wildman–Crippen LogP) is 3.06. The predicted molar refractivity (Wildman–Crippen MR) is 76.6 cm³/mol. The van der Waals surface area contributed by atoms with Gasteiger partial charge in [0, 0.05) is 12.4 Å². The molecule has 2 aromatic rings. The zero-order chi connectivity index (χ0) is 13.7.